The maximum atomic E-state index is 5.98. The van der Waals surface area contributed by atoms with Gasteiger partial charge in [0.2, 0.25) is 0 Å². The van der Waals surface area contributed by atoms with E-state index in [1.165, 1.54) is 5.57 Å². The Bertz CT molecular complexity index is 228. The van der Waals surface area contributed by atoms with E-state index in [1.54, 1.807) is 0 Å². The first-order valence-electron chi connectivity index (χ1n) is 5.15. The summed E-state index contributed by atoms with van der Waals surface area (Å²) in [4.78, 5) is 0. The largest absolute Gasteiger partial charge is 0.326 e. The fraction of sp³-hybridized carbons (Fsp3) is 0.538. The van der Waals surface area contributed by atoms with E-state index in [0.29, 0.717) is 5.92 Å². The molecule has 1 heteroatoms. The molecule has 0 bridgehead atoms. The van der Waals surface area contributed by atoms with Gasteiger partial charge < -0.3 is 5.73 Å². The summed E-state index contributed by atoms with van der Waals surface area (Å²) in [5.74, 6) is 0.462. The summed E-state index contributed by atoms with van der Waals surface area (Å²) in [6, 6.07) is 0. The molecule has 1 nitrogen and oxygen atoms in total. The van der Waals surface area contributed by atoms with Crippen LogP contribution in [0, 0.1) is 5.92 Å². The minimum Gasteiger partial charge on any atom is -0.326 e. The Morgan fingerprint density at radius 2 is 2.07 bits per heavy atom. The van der Waals surface area contributed by atoms with Crippen LogP contribution < -0.4 is 5.73 Å². The second kappa shape index (κ2) is 5.82. The van der Waals surface area contributed by atoms with Crippen molar-refractivity contribution in [3.05, 3.63) is 36.5 Å². The predicted molar refractivity (Wildman–Crippen MR) is 65.1 cm³/mol. The van der Waals surface area contributed by atoms with Gasteiger partial charge in [-0.1, -0.05) is 37.8 Å². The van der Waals surface area contributed by atoms with Crippen molar-refractivity contribution in [1.29, 1.82) is 0 Å². The molecule has 14 heavy (non-hydrogen) atoms. The van der Waals surface area contributed by atoms with Crippen LogP contribution in [-0.2, 0) is 0 Å². The Morgan fingerprint density at radius 1 is 1.50 bits per heavy atom. The lowest BCUT2D eigenvalue weighted by molar-refractivity contribution is 0.415. The van der Waals surface area contributed by atoms with Crippen LogP contribution in [0.2, 0.25) is 0 Å². The van der Waals surface area contributed by atoms with Gasteiger partial charge in [0.05, 0.1) is 0 Å². The van der Waals surface area contributed by atoms with Crippen molar-refractivity contribution in [3.8, 4) is 0 Å². The van der Waals surface area contributed by atoms with Crippen LogP contribution in [0.3, 0.4) is 0 Å². The minimum absolute atomic E-state index is 0.114. The standard InChI is InChI=1S/C13H23N/c1-6-8-9-12(7-2)11(3)10-13(4,5)14/h6-9,11H,2,10,14H2,1,3-5H3/b8-6-,12-9+. The van der Waals surface area contributed by atoms with E-state index >= 15 is 0 Å². The molecule has 0 spiro atoms. The molecule has 0 aromatic rings. The Kier molecular flexibility index (Phi) is 5.47. The minimum atomic E-state index is -0.114. The maximum Gasteiger partial charge on any atom is 0.0103 e. The number of hydrogen-bond acceptors (Lipinski definition) is 1. The van der Waals surface area contributed by atoms with Crippen molar-refractivity contribution in [2.75, 3.05) is 0 Å². The summed E-state index contributed by atoms with van der Waals surface area (Å²) in [6.45, 7) is 12.1. The number of allylic oxidation sites excluding steroid dienone is 5. The first-order valence-corrected chi connectivity index (χ1v) is 5.15. The lowest BCUT2D eigenvalue weighted by Crippen LogP contribution is -2.34. The molecule has 1 atom stereocenters. The van der Waals surface area contributed by atoms with E-state index in [4.69, 9.17) is 5.73 Å². The highest BCUT2D eigenvalue weighted by Crippen LogP contribution is 2.21. The van der Waals surface area contributed by atoms with E-state index in [-0.39, 0.29) is 5.54 Å². The molecule has 0 rings (SSSR count). The van der Waals surface area contributed by atoms with E-state index < -0.39 is 0 Å². The van der Waals surface area contributed by atoms with Gasteiger partial charge >= 0.3 is 0 Å². The van der Waals surface area contributed by atoms with E-state index in [1.807, 2.05) is 25.2 Å². The summed E-state index contributed by atoms with van der Waals surface area (Å²) in [5.41, 5.74) is 7.12. The first kappa shape index (κ1) is 13.2. The van der Waals surface area contributed by atoms with Crippen molar-refractivity contribution in [2.45, 2.75) is 39.7 Å². The molecule has 0 aliphatic heterocycles. The molecule has 0 fully saturated rings. The summed E-state index contributed by atoms with van der Waals surface area (Å²) >= 11 is 0. The highest BCUT2D eigenvalue weighted by molar-refractivity contribution is 5.24. The van der Waals surface area contributed by atoms with E-state index in [9.17, 15) is 0 Å². The topological polar surface area (TPSA) is 26.0 Å². The Labute approximate surface area is 88.4 Å². The molecule has 0 aliphatic rings. The third kappa shape index (κ3) is 5.76. The van der Waals surface area contributed by atoms with Gasteiger partial charge in [-0.3, -0.25) is 0 Å². The van der Waals surface area contributed by atoms with Crippen LogP contribution in [0.5, 0.6) is 0 Å². The maximum absolute atomic E-state index is 5.98. The number of nitrogens with two attached hydrogens (primary N) is 1. The van der Waals surface area contributed by atoms with Crippen LogP contribution in [0.4, 0.5) is 0 Å². The van der Waals surface area contributed by atoms with Crippen LogP contribution in [0.25, 0.3) is 0 Å². The van der Waals surface area contributed by atoms with Crippen LogP contribution in [0.15, 0.2) is 36.5 Å². The third-order valence-electron chi connectivity index (χ3n) is 2.12. The van der Waals surface area contributed by atoms with Gasteiger partial charge in [0.25, 0.3) is 0 Å². The molecular formula is C13H23N. The second-order valence-corrected chi connectivity index (χ2v) is 4.49. The quantitative estimate of drug-likeness (QED) is 0.665. The second-order valence-electron chi connectivity index (χ2n) is 4.49. The fourth-order valence-corrected chi connectivity index (χ4v) is 1.55. The molecule has 0 aromatic heterocycles. The zero-order chi connectivity index (χ0) is 11.2. The summed E-state index contributed by atoms with van der Waals surface area (Å²) < 4.78 is 0. The molecule has 0 heterocycles. The van der Waals surface area contributed by atoms with Gasteiger partial charge in [-0.2, -0.15) is 0 Å². The molecule has 0 radical (unpaired) electrons. The Balaban J connectivity index is 4.47. The summed E-state index contributed by atoms with van der Waals surface area (Å²) in [7, 11) is 0. The molecule has 0 amide bonds. The zero-order valence-electron chi connectivity index (χ0n) is 9.88. The van der Waals surface area contributed by atoms with Crippen molar-refractivity contribution in [2.24, 2.45) is 11.7 Å². The lowest BCUT2D eigenvalue weighted by atomic mass is 9.87. The van der Waals surface area contributed by atoms with Crippen LogP contribution in [0.1, 0.15) is 34.1 Å². The Morgan fingerprint density at radius 3 is 2.43 bits per heavy atom. The average Bonchev–Trinajstić information content (AvgIpc) is 2.02. The number of hydrogen-bond donors (Lipinski definition) is 1. The summed E-state index contributed by atoms with van der Waals surface area (Å²) in [6.07, 6.45) is 9.04. The highest BCUT2D eigenvalue weighted by Gasteiger charge is 2.16. The molecule has 2 N–H and O–H groups in total. The monoisotopic (exact) mass is 193 g/mol. The normalized spacial score (nSPS) is 15.9. The molecule has 0 aliphatic carbocycles. The van der Waals surface area contributed by atoms with Gasteiger partial charge in [-0.15, -0.1) is 0 Å². The van der Waals surface area contributed by atoms with Gasteiger partial charge in [0, 0.05) is 5.54 Å². The van der Waals surface area contributed by atoms with E-state index in [0.717, 1.165) is 6.42 Å². The third-order valence-corrected chi connectivity index (χ3v) is 2.12. The van der Waals surface area contributed by atoms with Gasteiger partial charge in [0.15, 0.2) is 0 Å². The van der Waals surface area contributed by atoms with Gasteiger partial charge in [0.1, 0.15) is 0 Å². The first-order chi connectivity index (χ1) is 6.40. The van der Waals surface area contributed by atoms with Crippen molar-refractivity contribution in [3.63, 3.8) is 0 Å². The average molecular weight is 193 g/mol. The SMILES string of the molecule is C=C/C(=C\C=C/C)C(C)CC(C)(C)N. The Hall–Kier alpha value is -0.820. The van der Waals surface area contributed by atoms with Gasteiger partial charge in [-0.25, -0.2) is 0 Å². The van der Waals surface area contributed by atoms with Crippen molar-refractivity contribution >= 4 is 0 Å². The molecule has 1 unspecified atom stereocenters. The summed E-state index contributed by atoms with van der Waals surface area (Å²) in [5, 5.41) is 0. The molecule has 0 aromatic carbocycles. The highest BCUT2D eigenvalue weighted by atomic mass is 14.7. The van der Waals surface area contributed by atoms with Crippen molar-refractivity contribution in [1.82, 2.24) is 0 Å². The molecule has 0 saturated carbocycles. The lowest BCUT2D eigenvalue weighted by Gasteiger charge is -2.23. The van der Waals surface area contributed by atoms with Crippen molar-refractivity contribution < 1.29 is 0 Å². The van der Waals surface area contributed by atoms with E-state index in [2.05, 4.69) is 33.4 Å². The molecule has 0 saturated heterocycles. The van der Waals surface area contributed by atoms with Crippen LogP contribution >= 0.6 is 0 Å². The zero-order valence-corrected chi connectivity index (χ0v) is 9.88. The van der Waals surface area contributed by atoms with Crippen LogP contribution in [-0.4, -0.2) is 5.54 Å². The smallest absolute Gasteiger partial charge is 0.0103 e. The number of rotatable bonds is 5. The fourth-order valence-electron chi connectivity index (χ4n) is 1.55. The molecular weight excluding hydrogens is 170 g/mol. The van der Waals surface area contributed by atoms with Gasteiger partial charge in [-0.05, 0) is 38.7 Å². The predicted octanol–water partition coefficient (Wildman–Crippen LogP) is 3.44. The molecule has 80 valence electrons.